The van der Waals surface area contributed by atoms with Crippen molar-refractivity contribution in [1.29, 1.82) is 0 Å². The summed E-state index contributed by atoms with van der Waals surface area (Å²) in [6.45, 7) is 1.81. The Balaban J connectivity index is 2.44. The number of benzene rings is 1. The number of nitrogens with zero attached hydrogens (tertiary/aromatic N) is 1. The monoisotopic (exact) mass is 251 g/mol. The fourth-order valence-corrected chi connectivity index (χ4v) is 1.86. The van der Waals surface area contributed by atoms with E-state index in [-0.39, 0.29) is 0 Å². The third-order valence-electron chi connectivity index (χ3n) is 2.65. The highest BCUT2D eigenvalue weighted by molar-refractivity contribution is 6.31. The maximum Gasteiger partial charge on any atom is 0.141 e. The highest BCUT2D eigenvalue weighted by atomic mass is 35.5. The maximum atomic E-state index is 13.0. The number of pyridine rings is 1. The van der Waals surface area contributed by atoms with Crippen molar-refractivity contribution < 1.29 is 9.50 Å². The van der Waals surface area contributed by atoms with E-state index < -0.39 is 11.9 Å². The molecule has 4 heteroatoms. The van der Waals surface area contributed by atoms with Gasteiger partial charge < -0.3 is 5.11 Å². The summed E-state index contributed by atoms with van der Waals surface area (Å²) in [5.41, 5.74) is 1.85. The predicted octanol–water partition coefficient (Wildman–Crippen LogP) is 3.26. The second kappa shape index (κ2) is 4.82. The van der Waals surface area contributed by atoms with E-state index in [1.807, 2.05) is 6.92 Å². The fraction of sp³-hybridized carbons (Fsp3) is 0.154. The zero-order chi connectivity index (χ0) is 12.4. The summed E-state index contributed by atoms with van der Waals surface area (Å²) in [6, 6.07) is 6.52. The number of aliphatic hydroxyl groups is 1. The van der Waals surface area contributed by atoms with Crippen LogP contribution in [-0.2, 0) is 0 Å². The Morgan fingerprint density at radius 2 is 2.12 bits per heavy atom. The molecule has 2 aromatic rings. The van der Waals surface area contributed by atoms with Crippen molar-refractivity contribution in [2.75, 3.05) is 0 Å². The van der Waals surface area contributed by atoms with Crippen LogP contribution >= 0.6 is 11.6 Å². The molecule has 0 aliphatic rings. The quantitative estimate of drug-likeness (QED) is 0.889. The summed E-state index contributed by atoms with van der Waals surface area (Å²) < 4.78 is 13.0. The van der Waals surface area contributed by atoms with Gasteiger partial charge in [-0.05, 0) is 30.2 Å². The number of hydrogen-bond donors (Lipinski definition) is 1. The van der Waals surface area contributed by atoms with Gasteiger partial charge in [-0.25, -0.2) is 4.39 Å². The average Bonchev–Trinajstić information content (AvgIpc) is 2.32. The van der Waals surface area contributed by atoms with Gasteiger partial charge in [0.25, 0.3) is 0 Å². The number of aliphatic hydroxyl groups excluding tert-OH is 1. The Kier molecular flexibility index (Phi) is 3.41. The molecule has 1 N–H and O–H groups in total. The third-order valence-corrected chi connectivity index (χ3v) is 3.06. The largest absolute Gasteiger partial charge is 0.384 e. The van der Waals surface area contributed by atoms with Crippen molar-refractivity contribution in [3.63, 3.8) is 0 Å². The first-order valence-electron chi connectivity index (χ1n) is 5.13. The lowest BCUT2D eigenvalue weighted by Gasteiger charge is -2.14. The Hall–Kier alpha value is -1.45. The fourth-order valence-electron chi connectivity index (χ4n) is 1.68. The molecule has 0 saturated heterocycles. The van der Waals surface area contributed by atoms with Crippen LogP contribution in [0.5, 0.6) is 0 Å². The van der Waals surface area contributed by atoms with Crippen molar-refractivity contribution in [1.82, 2.24) is 4.98 Å². The van der Waals surface area contributed by atoms with Gasteiger partial charge in [0.1, 0.15) is 11.9 Å². The minimum Gasteiger partial charge on any atom is -0.384 e. The summed E-state index contributed by atoms with van der Waals surface area (Å²) in [5, 5.41) is 10.7. The van der Waals surface area contributed by atoms with Crippen LogP contribution in [0.25, 0.3) is 0 Å². The van der Waals surface area contributed by atoms with E-state index in [1.165, 1.54) is 12.3 Å². The number of halogens is 2. The predicted molar refractivity (Wildman–Crippen MR) is 64.4 cm³/mol. The van der Waals surface area contributed by atoms with Crippen LogP contribution in [0, 0.1) is 12.7 Å². The minimum atomic E-state index is -0.920. The van der Waals surface area contributed by atoms with E-state index in [4.69, 9.17) is 11.6 Å². The SMILES string of the molecule is Cc1c(Cl)cccc1C(O)c1cncc(F)c1. The topological polar surface area (TPSA) is 33.1 Å². The first kappa shape index (κ1) is 12.0. The van der Waals surface area contributed by atoms with Gasteiger partial charge in [-0.3, -0.25) is 4.98 Å². The van der Waals surface area contributed by atoms with E-state index in [0.29, 0.717) is 16.1 Å². The Bertz CT molecular complexity index is 545. The van der Waals surface area contributed by atoms with Crippen LogP contribution < -0.4 is 0 Å². The standard InChI is InChI=1S/C13H11ClFNO/c1-8-11(3-2-4-12(8)14)13(17)9-5-10(15)7-16-6-9/h2-7,13,17H,1H3. The zero-order valence-corrected chi connectivity index (χ0v) is 9.95. The van der Waals surface area contributed by atoms with Gasteiger partial charge in [0.05, 0.1) is 6.20 Å². The minimum absolute atomic E-state index is 0.412. The Labute approximate surface area is 104 Å². The first-order chi connectivity index (χ1) is 8.09. The molecule has 2 nitrogen and oxygen atoms in total. The average molecular weight is 252 g/mol. The van der Waals surface area contributed by atoms with Crippen LogP contribution in [0.3, 0.4) is 0 Å². The molecule has 0 spiro atoms. The highest BCUT2D eigenvalue weighted by Crippen LogP contribution is 2.28. The number of rotatable bonds is 2. The van der Waals surface area contributed by atoms with Crippen LogP contribution in [0.15, 0.2) is 36.7 Å². The molecule has 0 fully saturated rings. The zero-order valence-electron chi connectivity index (χ0n) is 9.19. The molecule has 88 valence electrons. The lowest BCUT2D eigenvalue weighted by molar-refractivity contribution is 0.218. The van der Waals surface area contributed by atoms with Gasteiger partial charge in [0.15, 0.2) is 0 Å². The van der Waals surface area contributed by atoms with Crippen molar-refractivity contribution >= 4 is 11.6 Å². The molecule has 0 saturated carbocycles. The summed E-state index contributed by atoms with van der Waals surface area (Å²) in [4.78, 5) is 3.71. The lowest BCUT2D eigenvalue weighted by atomic mass is 9.99. The smallest absolute Gasteiger partial charge is 0.141 e. The van der Waals surface area contributed by atoms with E-state index in [2.05, 4.69) is 4.98 Å². The van der Waals surface area contributed by atoms with Crippen molar-refractivity contribution in [3.05, 3.63) is 64.2 Å². The Morgan fingerprint density at radius 3 is 2.82 bits per heavy atom. The van der Waals surface area contributed by atoms with Gasteiger partial charge in [0, 0.05) is 16.8 Å². The second-order valence-electron chi connectivity index (χ2n) is 3.79. The molecule has 1 aromatic carbocycles. The summed E-state index contributed by atoms with van der Waals surface area (Å²) >= 11 is 5.98. The molecule has 1 unspecified atom stereocenters. The molecule has 0 amide bonds. The molecule has 1 atom stereocenters. The molecule has 0 aliphatic heterocycles. The molecule has 2 rings (SSSR count). The van der Waals surface area contributed by atoms with Crippen LogP contribution in [0.2, 0.25) is 5.02 Å². The van der Waals surface area contributed by atoms with Crippen LogP contribution in [0.4, 0.5) is 4.39 Å². The summed E-state index contributed by atoms with van der Waals surface area (Å²) in [6.07, 6.45) is 1.62. The van der Waals surface area contributed by atoms with E-state index in [9.17, 15) is 9.50 Å². The van der Waals surface area contributed by atoms with Gasteiger partial charge in [-0.15, -0.1) is 0 Å². The summed E-state index contributed by atoms with van der Waals surface area (Å²) in [5.74, 6) is -0.471. The second-order valence-corrected chi connectivity index (χ2v) is 4.20. The maximum absolute atomic E-state index is 13.0. The number of hydrogen-bond acceptors (Lipinski definition) is 2. The highest BCUT2D eigenvalue weighted by Gasteiger charge is 2.15. The van der Waals surface area contributed by atoms with Gasteiger partial charge in [-0.1, -0.05) is 23.7 Å². The van der Waals surface area contributed by atoms with Gasteiger partial charge in [-0.2, -0.15) is 0 Å². The Morgan fingerprint density at radius 1 is 1.35 bits per heavy atom. The summed E-state index contributed by atoms with van der Waals surface area (Å²) in [7, 11) is 0. The molecule has 0 radical (unpaired) electrons. The van der Waals surface area contributed by atoms with Crippen molar-refractivity contribution in [2.45, 2.75) is 13.0 Å². The number of aromatic nitrogens is 1. The normalized spacial score (nSPS) is 12.5. The van der Waals surface area contributed by atoms with Crippen LogP contribution in [0.1, 0.15) is 22.8 Å². The third kappa shape index (κ3) is 2.46. The first-order valence-corrected chi connectivity index (χ1v) is 5.51. The molecule has 1 aromatic heterocycles. The molecule has 0 aliphatic carbocycles. The van der Waals surface area contributed by atoms with Crippen molar-refractivity contribution in [2.24, 2.45) is 0 Å². The van der Waals surface area contributed by atoms with Crippen LogP contribution in [-0.4, -0.2) is 10.1 Å². The van der Waals surface area contributed by atoms with E-state index in [0.717, 1.165) is 11.8 Å². The molecular formula is C13H11ClFNO. The van der Waals surface area contributed by atoms with Gasteiger partial charge >= 0.3 is 0 Å². The van der Waals surface area contributed by atoms with Crippen molar-refractivity contribution in [3.8, 4) is 0 Å². The molecule has 1 heterocycles. The molecule has 0 bridgehead atoms. The van der Waals surface area contributed by atoms with Gasteiger partial charge in [0.2, 0.25) is 0 Å². The molecular weight excluding hydrogens is 241 g/mol. The van der Waals surface area contributed by atoms with E-state index in [1.54, 1.807) is 18.2 Å². The lowest BCUT2D eigenvalue weighted by Crippen LogP contribution is -2.03. The molecule has 17 heavy (non-hydrogen) atoms. The van der Waals surface area contributed by atoms with E-state index >= 15 is 0 Å².